The van der Waals surface area contributed by atoms with Crippen LogP contribution in [0.15, 0.2) is 12.1 Å². The van der Waals surface area contributed by atoms with Crippen LogP contribution in [-0.4, -0.2) is 31.9 Å². The molecular formula is C11H18N2O2. The molecule has 0 bridgehead atoms. The van der Waals surface area contributed by atoms with Crippen molar-refractivity contribution in [1.29, 1.82) is 0 Å². The van der Waals surface area contributed by atoms with Crippen molar-refractivity contribution in [2.45, 2.75) is 19.9 Å². The van der Waals surface area contributed by atoms with Crippen LogP contribution in [0, 0.1) is 6.92 Å². The number of nitrogens with zero attached hydrogens (tertiary/aromatic N) is 1. The van der Waals surface area contributed by atoms with E-state index in [1.54, 1.807) is 14.2 Å². The molecule has 4 heteroatoms. The molecule has 0 aliphatic heterocycles. The molecule has 0 fully saturated rings. The van der Waals surface area contributed by atoms with Gasteiger partial charge >= 0.3 is 0 Å². The molecule has 0 aromatic carbocycles. The predicted molar refractivity (Wildman–Crippen MR) is 60.5 cm³/mol. The highest BCUT2D eigenvalue weighted by molar-refractivity contribution is 5.51. The van der Waals surface area contributed by atoms with Crippen LogP contribution in [0.4, 0.5) is 5.82 Å². The van der Waals surface area contributed by atoms with Crippen LogP contribution in [0.2, 0.25) is 0 Å². The third-order valence-corrected chi connectivity index (χ3v) is 2.02. The van der Waals surface area contributed by atoms with E-state index < -0.39 is 0 Å². The van der Waals surface area contributed by atoms with Gasteiger partial charge in [0.25, 0.3) is 0 Å². The van der Waals surface area contributed by atoms with E-state index in [2.05, 4.69) is 10.3 Å². The van der Waals surface area contributed by atoms with E-state index in [0.29, 0.717) is 6.61 Å². The standard InChI is InChI=1S/C11H18N2O2/c1-8-5-6-10(15-4)11(12-8)13-9(2)7-14-3/h5-6,9H,7H2,1-4H3,(H,12,13). The van der Waals surface area contributed by atoms with E-state index in [0.717, 1.165) is 17.3 Å². The third kappa shape index (κ3) is 3.40. The molecule has 84 valence electrons. The number of nitrogens with one attached hydrogen (secondary N) is 1. The van der Waals surface area contributed by atoms with Gasteiger partial charge < -0.3 is 14.8 Å². The topological polar surface area (TPSA) is 43.4 Å². The van der Waals surface area contributed by atoms with Gasteiger partial charge in [0.1, 0.15) is 0 Å². The molecule has 4 nitrogen and oxygen atoms in total. The fourth-order valence-corrected chi connectivity index (χ4v) is 1.34. The lowest BCUT2D eigenvalue weighted by Gasteiger charge is -2.16. The summed E-state index contributed by atoms with van der Waals surface area (Å²) in [6, 6.07) is 4.04. The number of aromatic nitrogens is 1. The molecule has 1 unspecified atom stereocenters. The van der Waals surface area contributed by atoms with Gasteiger partial charge in [0.2, 0.25) is 0 Å². The van der Waals surface area contributed by atoms with E-state index in [9.17, 15) is 0 Å². The number of aryl methyl sites for hydroxylation is 1. The van der Waals surface area contributed by atoms with Crippen molar-refractivity contribution >= 4 is 5.82 Å². The van der Waals surface area contributed by atoms with Crippen molar-refractivity contribution in [3.8, 4) is 5.75 Å². The Bertz CT molecular complexity index is 315. The maximum Gasteiger partial charge on any atom is 0.169 e. The van der Waals surface area contributed by atoms with Gasteiger partial charge in [0.15, 0.2) is 11.6 Å². The molecule has 15 heavy (non-hydrogen) atoms. The van der Waals surface area contributed by atoms with Gasteiger partial charge in [0.05, 0.1) is 13.7 Å². The van der Waals surface area contributed by atoms with Crippen LogP contribution in [0.3, 0.4) is 0 Å². The second-order valence-electron chi connectivity index (χ2n) is 3.50. The summed E-state index contributed by atoms with van der Waals surface area (Å²) in [5.74, 6) is 1.52. The molecule has 1 heterocycles. The Morgan fingerprint density at radius 1 is 1.40 bits per heavy atom. The van der Waals surface area contributed by atoms with Gasteiger partial charge in [-0.15, -0.1) is 0 Å². The summed E-state index contributed by atoms with van der Waals surface area (Å²) in [5.41, 5.74) is 0.961. The molecule has 0 amide bonds. The minimum absolute atomic E-state index is 0.207. The molecule has 1 atom stereocenters. The Morgan fingerprint density at radius 3 is 2.73 bits per heavy atom. The average molecular weight is 210 g/mol. The van der Waals surface area contributed by atoms with Crippen molar-refractivity contribution in [3.63, 3.8) is 0 Å². The van der Waals surface area contributed by atoms with E-state index in [-0.39, 0.29) is 6.04 Å². The third-order valence-electron chi connectivity index (χ3n) is 2.02. The molecule has 0 saturated heterocycles. The quantitative estimate of drug-likeness (QED) is 0.805. The first-order valence-electron chi connectivity index (χ1n) is 4.94. The highest BCUT2D eigenvalue weighted by Gasteiger charge is 2.08. The van der Waals surface area contributed by atoms with Crippen LogP contribution >= 0.6 is 0 Å². The van der Waals surface area contributed by atoms with Crippen LogP contribution in [0.5, 0.6) is 5.75 Å². The summed E-state index contributed by atoms with van der Waals surface area (Å²) >= 11 is 0. The summed E-state index contributed by atoms with van der Waals surface area (Å²) in [6.07, 6.45) is 0. The van der Waals surface area contributed by atoms with E-state index >= 15 is 0 Å². The molecule has 0 aliphatic carbocycles. The maximum absolute atomic E-state index is 5.21. The average Bonchev–Trinajstić information content (AvgIpc) is 2.18. The lowest BCUT2D eigenvalue weighted by Crippen LogP contribution is -2.22. The highest BCUT2D eigenvalue weighted by Crippen LogP contribution is 2.22. The van der Waals surface area contributed by atoms with Crippen LogP contribution in [-0.2, 0) is 4.74 Å². The SMILES string of the molecule is COCC(C)Nc1nc(C)ccc1OC. The van der Waals surface area contributed by atoms with Gasteiger partial charge in [0, 0.05) is 18.8 Å². The molecular weight excluding hydrogens is 192 g/mol. The molecule has 1 aromatic rings. The van der Waals surface area contributed by atoms with E-state index in [1.807, 2.05) is 26.0 Å². The minimum atomic E-state index is 0.207. The Balaban J connectivity index is 2.77. The Kier molecular flexibility index (Phi) is 4.37. The number of methoxy groups -OCH3 is 2. The first-order valence-corrected chi connectivity index (χ1v) is 4.94. The zero-order chi connectivity index (χ0) is 11.3. The molecule has 0 saturated carbocycles. The zero-order valence-corrected chi connectivity index (χ0v) is 9.70. The van der Waals surface area contributed by atoms with Crippen molar-refractivity contribution in [2.75, 3.05) is 26.1 Å². The molecule has 0 aliphatic rings. The maximum atomic E-state index is 5.21. The first kappa shape index (κ1) is 11.8. The fraction of sp³-hybridized carbons (Fsp3) is 0.545. The van der Waals surface area contributed by atoms with Gasteiger partial charge in [-0.2, -0.15) is 0 Å². The summed E-state index contributed by atoms with van der Waals surface area (Å²) in [7, 11) is 3.32. The van der Waals surface area contributed by atoms with E-state index in [4.69, 9.17) is 9.47 Å². The summed E-state index contributed by atoms with van der Waals surface area (Å²) in [4.78, 5) is 4.37. The van der Waals surface area contributed by atoms with Gasteiger partial charge in [-0.25, -0.2) is 4.98 Å². The van der Waals surface area contributed by atoms with Crippen LogP contribution in [0.25, 0.3) is 0 Å². The first-order chi connectivity index (χ1) is 7.17. The number of hydrogen-bond acceptors (Lipinski definition) is 4. The second-order valence-corrected chi connectivity index (χ2v) is 3.50. The second kappa shape index (κ2) is 5.56. The number of anilines is 1. The fourth-order valence-electron chi connectivity index (χ4n) is 1.34. The highest BCUT2D eigenvalue weighted by atomic mass is 16.5. The number of ether oxygens (including phenoxy) is 2. The smallest absolute Gasteiger partial charge is 0.169 e. The molecule has 0 radical (unpaired) electrons. The van der Waals surface area contributed by atoms with Gasteiger partial charge in [-0.05, 0) is 26.0 Å². The van der Waals surface area contributed by atoms with E-state index in [1.165, 1.54) is 0 Å². The lowest BCUT2D eigenvalue weighted by molar-refractivity contribution is 0.190. The molecule has 1 rings (SSSR count). The Morgan fingerprint density at radius 2 is 2.13 bits per heavy atom. The largest absolute Gasteiger partial charge is 0.493 e. The molecule has 1 N–H and O–H groups in total. The molecule has 0 spiro atoms. The minimum Gasteiger partial charge on any atom is -0.493 e. The van der Waals surface area contributed by atoms with Crippen molar-refractivity contribution in [1.82, 2.24) is 4.98 Å². The van der Waals surface area contributed by atoms with Crippen LogP contribution < -0.4 is 10.1 Å². The van der Waals surface area contributed by atoms with Crippen molar-refractivity contribution in [2.24, 2.45) is 0 Å². The Labute approximate surface area is 90.6 Å². The summed E-state index contributed by atoms with van der Waals surface area (Å²) < 4.78 is 10.3. The van der Waals surface area contributed by atoms with Crippen molar-refractivity contribution < 1.29 is 9.47 Å². The number of hydrogen-bond donors (Lipinski definition) is 1. The molecule has 1 aromatic heterocycles. The Hall–Kier alpha value is -1.29. The number of rotatable bonds is 5. The van der Waals surface area contributed by atoms with Gasteiger partial charge in [-0.1, -0.05) is 0 Å². The normalized spacial score (nSPS) is 12.3. The predicted octanol–water partition coefficient (Wildman–Crippen LogP) is 1.85. The number of pyridine rings is 1. The van der Waals surface area contributed by atoms with Crippen LogP contribution in [0.1, 0.15) is 12.6 Å². The van der Waals surface area contributed by atoms with Crippen molar-refractivity contribution in [3.05, 3.63) is 17.8 Å². The summed E-state index contributed by atoms with van der Waals surface area (Å²) in [5, 5.41) is 3.24. The zero-order valence-electron chi connectivity index (χ0n) is 9.70. The van der Waals surface area contributed by atoms with Gasteiger partial charge in [-0.3, -0.25) is 0 Å². The lowest BCUT2D eigenvalue weighted by atomic mass is 10.3. The monoisotopic (exact) mass is 210 g/mol. The summed E-state index contributed by atoms with van der Waals surface area (Å²) in [6.45, 7) is 4.62.